The lowest BCUT2D eigenvalue weighted by Gasteiger charge is -2.29. The van der Waals surface area contributed by atoms with Crippen molar-refractivity contribution in [2.75, 3.05) is 0 Å². The average molecular weight is 284 g/mol. The van der Waals surface area contributed by atoms with Gasteiger partial charge < -0.3 is 9.88 Å². The summed E-state index contributed by atoms with van der Waals surface area (Å²) in [5.41, 5.74) is 2.88. The van der Waals surface area contributed by atoms with Crippen LogP contribution in [-0.4, -0.2) is 10.6 Å². The van der Waals surface area contributed by atoms with E-state index in [9.17, 15) is 0 Å². The summed E-state index contributed by atoms with van der Waals surface area (Å²) in [4.78, 5) is 0. The molecular weight excluding hydrogens is 256 g/mol. The molecule has 1 fully saturated rings. The Balaban J connectivity index is 1.95. The molecule has 2 aromatic rings. The molecule has 1 saturated carbocycles. The Kier molecular flexibility index (Phi) is 4.34. The molecule has 21 heavy (non-hydrogen) atoms. The zero-order valence-electron chi connectivity index (χ0n) is 13.6. The number of nitrogens with one attached hydrogen (secondary N) is 1. The lowest BCUT2D eigenvalue weighted by atomic mass is 9.87. The molecule has 0 saturated heterocycles. The van der Waals surface area contributed by atoms with E-state index in [-0.39, 0.29) is 0 Å². The number of para-hydroxylation sites is 1. The van der Waals surface area contributed by atoms with Crippen LogP contribution in [0.2, 0.25) is 0 Å². The Morgan fingerprint density at radius 3 is 2.86 bits per heavy atom. The molecule has 2 atom stereocenters. The molecule has 1 aromatic carbocycles. The molecule has 2 heteroatoms. The van der Waals surface area contributed by atoms with E-state index in [0.717, 1.165) is 12.5 Å². The Morgan fingerprint density at radius 1 is 1.24 bits per heavy atom. The second kappa shape index (κ2) is 6.23. The molecule has 0 bridgehead atoms. The van der Waals surface area contributed by atoms with Crippen molar-refractivity contribution >= 4 is 10.9 Å². The zero-order chi connectivity index (χ0) is 14.8. The van der Waals surface area contributed by atoms with Gasteiger partial charge in [0.2, 0.25) is 0 Å². The van der Waals surface area contributed by atoms with Gasteiger partial charge in [0.1, 0.15) is 0 Å². The fourth-order valence-electron chi connectivity index (χ4n) is 3.71. The molecule has 0 amide bonds. The van der Waals surface area contributed by atoms with Gasteiger partial charge >= 0.3 is 0 Å². The topological polar surface area (TPSA) is 17.0 Å². The first-order valence-corrected chi connectivity index (χ1v) is 8.47. The van der Waals surface area contributed by atoms with Crippen molar-refractivity contribution in [3.8, 4) is 0 Å². The monoisotopic (exact) mass is 284 g/mol. The maximum atomic E-state index is 3.57. The Bertz CT molecular complexity index is 597. The van der Waals surface area contributed by atoms with Crippen LogP contribution in [0.3, 0.4) is 0 Å². The molecule has 0 spiro atoms. The van der Waals surface area contributed by atoms with Crippen LogP contribution >= 0.6 is 0 Å². The number of benzene rings is 1. The largest absolute Gasteiger partial charge is 0.344 e. The first kappa shape index (κ1) is 14.6. The Hall–Kier alpha value is -1.28. The quantitative estimate of drug-likeness (QED) is 0.845. The van der Waals surface area contributed by atoms with Gasteiger partial charge in [0.15, 0.2) is 0 Å². The second-order valence-corrected chi connectivity index (χ2v) is 7.04. The van der Waals surface area contributed by atoms with Gasteiger partial charge in [0.05, 0.1) is 5.52 Å². The van der Waals surface area contributed by atoms with Crippen molar-refractivity contribution in [1.82, 2.24) is 9.88 Å². The number of hydrogen-bond acceptors (Lipinski definition) is 1. The third-order valence-electron chi connectivity index (χ3n) is 4.83. The van der Waals surface area contributed by atoms with Gasteiger partial charge in [-0.05, 0) is 35.8 Å². The van der Waals surface area contributed by atoms with E-state index in [1.807, 2.05) is 0 Å². The molecule has 114 valence electrons. The highest BCUT2D eigenvalue weighted by Gasteiger charge is 2.21. The van der Waals surface area contributed by atoms with E-state index in [1.165, 1.54) is 42.1 Å². The summed E-state index contributed by atoms with van der Waals surface area (Å²) in [7, 11) is 0. The number of rotatable bonds is 4. The molecule has 1 N–H and O–H groups in total. The lowest BCUT2D eigenvalue weighted by molar-refractivity contribution is 0.287. The standard InChI is InChI=1S/C19H28N2/c1-14(2)20-13-17-8-5-7-16-10-11-21(19(16)17)18-9-4-6-15(3)12-18/h5,7-8,10-11,14-15,18,20H,4,6,9,12-13H2,1-3H3. The molecule has 1 aromatic heterocycles. The highest BCUT2D eigenvalue weighted by molar-refractivity contribution is 5.83. The highest BCUT2D eigenvalue weighted by atomic mass is 15.0. The summed E-state index contributed by atoms with van der Waals surface area (Å²) in [5.74, 6) is 0.863. The SMILES string of the molecule is CC1CCCC(n2ccc3cccc(CNC(C)C)c32)C1. The van der Waals surface area contributed by atoms with E-state index in [4.69, 9.17) is 0 Å². The summed E-state index contributed by atoms with van der Waals surface area (Å²) in [6.45, 7) is 7.78. The molecule has 0 aliphatic heterocycles. The van der Waals surface area contributed by atoms with Gasteiger partial charge in [0, 0.05) is 24.8 Å². The van der Waals surface area contributed by atoms with Crippen molar-refractivity contribution in [2.24, 2.45) is 5.92 Å². The fourth-order valence-corrected chi connectivity index (χ4v) is 3.71. The van der Waals surface area contributed by atoms with Crippen LogP contribution in [0, 0.1) is 5.92 Å². The summed E-state index contributed by atoms with van der Waals surface area (Å²) >= 11 is 0. The van der Waals surface area contributed by atoms with Crippen molar-refractivity contribution in [1.29, 1.82) is 0 Å². The normalized spacial score (nSPS) is 23.0. The van der Waals surface area contributed by atoms with Crippen LogP contribution in [0.4, 0.5) is 0 Å². The van der Waals surface area contributed by atoms with Crippen molar-refractivity contribution in [2.45, 2.75) is 65.1 Å². The minimum absolute atomic E-state index is 0.526. The zero-order valence-corrected chi connectivity index (χ0v) is 13.6. The lowest BCUT2D eigenvalue weighted by Crippen LogP contribution is -2.23. The van der Waals surface area contributed by atoms with E-state index in [0.29, 0.717) is 12.1 Å². The van der Waals surface area contributed by atoms with Crippen LogP contribution in [0.1, 0.15) is 58.1 Å². The minimum atomic E-state index is 0.526. The maximum Gasteiger partial charge on any atom is 0.0528 e. The van der Waals surface area contributed by atoms with Crippen LogP contribution in [0.5, 0.6) is 0 Å². The van der Waals surface area contributed by atoms with Gasteiger partial charge in [-0.2, -0.15) is 0 Å². The minimum Gasteiger partial charge on any atom is -0.344 e. The van der Waals surface area contributed by atoms with Crippen LogP contribution in [0.25, 0.3) is 10.9 Å². The van der Waals surface area contributed by atoms with Gasteiger partial charge in [0.25, 0.3) is 0 Å². The van der Waals surface area contributed by atoms with Gasteiger partial charge in [-0.1, -0.05) is 51.8 Å². The van der Waals surface area contributed by atoms with Crippen LogP contribution in [0.15, 0.2) is 30.5 Å². The van der Waals surface area contributed by atoms with Crippen molar-refractivity contribution in [3.63, 3.8) is 0 Å². The Labute approximate surface area is 128 Å². The second-order valence-electron chi connectivity index (χ2n) is 7.04. The number of aromatic nitrogens is 1. The molecule has 1 heterocycles. The third kappa shape index (κ3) is 3.16. The number of nitrogens with zero attached hydrogens (tertiary/aromatic N) is 1. The predicted octanol–water partition coefficient (Wildman–Crippen LogP) is 4.89. The molecular formula is C19H28N2. The molecule has 3 rings (SSSR count). The van der Waals surface area contributed by atoms with Gasteiger partial charge in [-0.15, -0.1) is 0 Å². The van der Waals surface area contributed by atoms with Gasteiger partial charge in [-0.25, -0.2) is 0 Å². The summed E-state index contributed by atoms with van der Waals surface area (Å²) < 4.78 is 2.56. The Morgan fingerprint density at radius 2 is 2.10 bits per heavy atom. The van der Waals surface area contributed by atoms with E-state index in [2.05, 4.69) is 61.1 Å². The van der Waals surface area contributed by atoms with E-state index in [1.54, 1.807) is 0 Å². The number of fused-ring (bicyclic) bond motifs is 1. The van der Waals surface area contributed by atoms with Crippen molar-refractivity contribution < 1.29 is 0 Å². The first-order valence-electron chi connectivity index (χ1n) is 8.47. The van der Waals surface area contributed by atoms with E-state index >= 15 is 0 Å². The summed E-state index contributed by atoms with van der Waals surface area (Å²) in [6, 6.07) is 10.2. The predicted molar refractivity (Wildman–Crippen MR) is 90.6 cm³/mol. The smallest absolute Gasteiger partial charge is 0.0528 e. The molecule has 2 nitrogen and oxygen atoms in total. The molecule has 2 unspecified atom stereocenters. The fraction of sp³-hybridized carbons (Fsp3) is 0.579. The highest BCUT2D eigenvalue weighted by Crippen LogP contribution is 2.35. The summed E-state index contributed by atoms with van der Waals surface area (Å²) in [5, 5.41) is 4.95. The molecule has 1 aliphatic carbocycles. The van der Waals surface area contributed by atoms with Crippen LogP contribution in [-0.2, 0) is 6.54 Å². The van der Waals surface area contributed by atoms with Crippen molar-refractivity contribution in [3.05, 3.63) is 36.0 Å². The number of hydrogen-bond donors (Lipinski definition) is 1. The first-order chi connectivity index (χ1) is 10.1. The molecule has 1 aliphatic rings. The molecule has 0 radical (unpaired) electrons. The van der Waals surface area contributed by atoms with Crippen LogP contribution < -0.4 is 5.32 Å². The van der Waals surface area contributed by atoms with Gasteiger partial charge in [-0.3, -0.25) is 0 Å². The summed E-state index contributed by atoms with van der Waals surface area (Å²) in [6.07, 6.45) is 7.75. The third-order valence-corrected chi connectivity index (χ3v) is 4.83. The average Bonchev–Trinajstić information content (AvgIpc) is 2.89. The maximum absolute atomic E-state index is 3.57. The van der Waals surface area contributed by atoms with E-state index < -0.39 is 0 Å².